The minimum absolute atomic E-state index is 0.0428. The van der Waals surface area contributed by atoms with E-state index in [4.69, 9.17) is 0 Å². The van der Waals surface area contributed by atoms with Gasteiger partial charge in [-0.3, -0.25) is 0 Å². The third-order valence-electron chi connectivity index (χ3n) is 19.0. The number of hydrogen-bond acceptors (Lipinski definition) is 1. The average molecular weight is 904 g/mol. The zero-order chi connectivity index (χ0) is 48.4. The van der Waals surface area contributed by atoms with Gasteiger partial charge in [-0.1, -0.05) is 186 Å². The van der Waals surface area contributed by atoms with Crippen molar-refractivity contribution in [1.29, 1.82) is 0 Å². The molecule has 0 aromatic heterocycles. The van der Waals surface area contributed by atoms with Crippen molar-refractivity contribution in [3.63, 3.8) is 0 Å². The third kappa shape index (κ3) is 6.14. The second kappa shape index (κ2) is 14.5. The minimum Gasteiger partial charge on any atom is -0.309 e. The normalized spacial score (nSPS) is 20.4. The lowest BCUT2D eigenvalue weighted by molar-refractivity contribution is 0.331. The van der Waals surface area contributed by atoms with Crippen LogP contribution >= 0.6 is 0 Å². The van der Waals surface area contributed by atoms with E-state index < -0.39 is 5.41 Å². The lowest BCUT2D eigenvalue weighted by Gasteiger charge is -2.47. The van der Waals surface area contributed by atoms with Crippen molar-refractivity contribution in [2.24, 2.45) is 0 Å². The fourth-order valence-electron chi connectivity index (χ4n) is 14.7. The van der Waals surface area contributed by atoms with Crippen molar-refractivity contribution >= 4 is 17.1 Å². The Hall–Kier alpha value is -5.66. The molecule has 0 heterocycles. The fraction of sp³-hybridized carbons (Fsp3) is 0.382. The zero-order valence-electron chi connectivity index (χ0n) is 43.9. The van der Waals surface area contributed by atoms with Gasteiger partial charge in [0.05, 0.1) is 22.5 Å². The molecule has 0 aliphatic heterocycles. The first-order valence-electron chi connectivity index (χ1n) is 26.3. The number of rotatable bonds is 4. The van der Waals surface area contributed by atoms with Crippen LogP contribution in [0.25, 0.3) is 33.4 Å². The maximum atomic E-state index is 2.83. The maximum Gasteiger partial charge on any atom is 0.0726 e. The molecule has 0 saturated carbocycles. The largest absolute Gasteiger partial charge is 0.309 e. The summed E-state index contributed by atoms with van der Waals surface area (Å²) >= 11 is 0. The van der Waals surface area contributed by atoms with Gasteiger partial charge in [-0.25, -0.2) is 0 Å². The molecule has 0 N–H and O–H groups in total. The molecular formula is C68H73N. The van der Waals surface area contributed by atoms with Crippen LogP contribution in [0.2, 0.25) is 0 Å². The highest BCUT2D eigenvalue weighted by molar-refractivity contribution is 6.01. The van der Waals surface area contributed by atoms with E-state index in [2.05, 4.69) is 228 Å². The molecule has 0 unspecified atom stereocenters. The van der Waals surface area contributed by atoms with Gasteiger partial charge in [-0.15, -0.1) is 0 Å². The average Bonchev–Trinajstić information content (AvgIpc) is 3.78. The molecule has 1 nitrogen and oxygen atoms in total. The molecule has 7 aromatic carbocycles. The second-order valence-corrected chi connectivity index (χ2v) is 26.1. The summed E-state index contributed by atoms with van der Waals surface area (Å²) in [6.45, 7) is 32.4. The lowest BCUT2D eigenvalue weighted by Crippen LogP contribution is -2.37. The molecule has 69 heavy (non-hydrogen) atoms. The Kier molecular flexibility index (Phi) is 9.34. The summed E-state index contributed by atoms with van der Waals surface area (Å²) in [6, 6.07) is 53.3. The quantitative estimate of drug-likeness (QED) is 0.170. The van der Waals surface area contributed by atoms with E-state index >= 15 is 0 Å². The molecule has 0 radical (unpaired) electrons. The van der Waals surface area contributed by atoms with Crippen molar-refractivity contribution < 1.29 is 0 Å². The van der Waals surface area contributed by atoms with Crippen LogP contribution < -0.4 is 4.90 Å². The Labute approximate surface area is 414 Å². The van der Waals surface area contributed by atoms with Gasteiger partial charge in [0.1, 0.15) is 0 Å². The molecular weight excluding hydrogens is 831 g/mol. The Morgan fingerprint density at radius 3 is 1.13 bits per heavy atom. The van der Waals surface area contributed by atoms with Gasteiger partial charge in [0.2, 0.25) is 0 Å². The van der Waals surface area contributed by atoms with Crippen LogP contribution in [-0.2, 0) is 37.9 Å². The molecule has 0 saturated heterocycles. The van der Waals surface area contributed by atoms with Gasteiger partial charge in [0.25, 0.3) is 0 Å². The first-order valence-corrected chi connectivity index (χ1v) is 26.3. The van der Waals surface area contributed by atoms with Crippen molar-refractivity contribution in [3.8, 4) is 33.4 Å². The van der Waals surface area contributed by atoms with Gasteiger partial charge in [-0.2, -0.15) is 0 Å². The molecule has 0 amide bonds. The van der Waals surface area contributed by atoms with Crippen LogP contribution in [0.5, 0.6) is 0 Å². The molecule has 1 spiro atoms. The number of fused-ring (bicyclic) bond motifs is 13. The zero-order valence-corrected chi connectivity index (χ0v) is 43.9. The first kappa shape index (κ1) is 44.5. The van der Waals surface area contributed by atoms with Crippen molar-refractivity contribution in [1.82, 2.24) is 0 Å². The fourth-order valence-corrected chi connectivity index (χ4v) is 14.7. The highest BCUT2D eigenvalue weighted by Gasteiger charge is 2.53. The summed E-state index contributed by atoms with van der Waals surface area (Å²) in [5.41, 5.74) is 27.6. The molecule has 5 aliphatic carbocycles. The summed E-state index contributed by atoms with van der Waals surface area (Å²) < 4.78 is 0. The molecule has 1 heteroatoms. The summed E-state index contributed by atoms with van der Waals surface area (Å²) in [6.07, 6.45) is 6.99. The first-order chi connectivity index (χ1) is 32.6. The van der Waals surface area contributed by atoms with Crippen LogP contribution in [0.3, 0.4) is 0 Å². The number of aryl methyl sites for hydroxylation is 1. The molecule has 7 aromatic rings. The standard InChI is InChI=1S/C68H73N/c1-42-38-55-56(65(8,9)33-32-64(55,6)7)40-46(42)48-39-47-45-24-16-19-27-51(45)68(49-25-17-14-22-43(49)44-23-15-18-26-50(44)68)54(47)41-59(48)69(57-30-20-28-52-60(57)66(10,11)36-34-62(52,2)3)58-31-21-29-53-61(58)67(12,13)37-35-63(53,4)5/h14-31,38-41H,32-37H2,1-13H3. The molecule has 350 valence electrons. The molecule has 0 bridgehead atoms. The molecule has 0 fully saturated rings. The van der Waals surface area contributed by atoms with E-state index in [1.807, 2.05) is 0 Å². The van der Waals surface area contributed by atoms with Gasteiger partial charge < -0.3 is 4.90 Å². The molecule has 0 atom stereocenters. The van der Waals surface area contributed by atoms with Gasteiger partial charge >= 0.3 is 0 Å². The van der Waals surface area contributed by atoms with Gasteiger partial charge in [0, 0.05) is 5.56 Å². The van der Waals surface area contributed by atoms with E-state index in [0.717, 1.165) is 12.8 Å². The maximum absolute atomic E-state index is 2.83. The summed E-state index contributed by atoms with van der Waals surface area (Å²) in [5, 5.41) is 0. The Morgan fingerprint density at radius 1 is 0.290 bits per heavy atom. The number of nitrogens with zero attached hydrogens (tertiary/aromatic N) is 1. The van der Waals surface area contributed by atoms with Crippen LogP contribution in [0, 0.1) is 6.92 Å². The molecule has 12 rings (SSSR count). The Balaban J connectivity index is 1.29. The summed E-state index contributed by atoms with van der Waals surface area (Å²) in [7, 11) is 0. The van der Waals surface area contributed by atoms with Crippen LogP contribution in [0.15, 0.2) is 133 Å². The van der Waals surface area contributed by atoms with Crippen LogP contribution in [0.1, 0.15) is 183 Å². The number of hydrogen-bond donors (Lipinski definition) is 0. The summed E-state index contributed by atoms with van der Waals surface area (Å²) in [5.74, 6) is 0. The van der Waals surface area contributed by atoms with E-state index in [-0.39, 0.29) is 32.5 Å². The Bertz CT molecular complexity index is 3180. The van der Waals surface area contributed by atoms with Gasteiger partial charge in [-0.05, 0) is 197 Å². The smallest absolute Gasteiger partial charge is 0.0726 e. The predicted molar refractivity (Wildman–Crippen MR) is 293 cm³/mol. The lowest BCUT2D eigenvalue weighted by atomic mass is 9.61. The van der Waals surface area contributed by atoms with Crippen LogP contribution in [0.4, 0.5) is 17.1 Å². The third-order valence-corrected chi connectivity index (χ3v) is 19.0. The SMILES string of the molecule is Cc1cc2c(cc1-c1cc3c(cc1N(c1cccc4c1C(C)(C)CCC4(C)C)c1cccc4c1C(C)(C)CCC4(C)C)C1(c4ccccc4-c4ccccc41)c1ccccc1-3)C(C)(C)CCC2(C)C. The van der Waals surface area contributed by atoms with Crippen molar-refractivity contribution in [2.45, 2.75) is 166 Å². The summed E-state index contributed by atoms with van der Waals surface area (Å²) in [4.78, 5) is 2.83. The number of benzene rings is 7. The monoisotopic (exact) mass is 904 g/mol. The van der Waals surface area contributed by atoms with Crippen molar-refractivity contribution in [3.05, 3.63) is 195 Å². The van der Waals surface area contributed by atoms with E-state index in [1.165, 1.54) is 137 Å². The second-order valence-electron chi connectivity index (χ2n) is 26.1. The predicted octanol–water partition coefficient (Wildman–Crippen LogP) is 18.5. The van der Waals surface area contributed by atoms with E-state index in [0.29, 0.717) is 0 Å². The number of anilines is 3. The van der Waals surface area contributed by atoms with E-state index in [1.54, 1.807) is 0 Å². The van der Waals surface area contributed by atoms with E-state index in [9.17, 15) is 0 Å². The topological polar surface area (TPSA) is 3.24 Å². The van der Waals surface area contributed by atoms with Gasteiger partial charge in [0.15, 0.2) is 0 Å². The molecule has 5 aliphatic rings. The van der Waals surface area contributed by atoms with Crippen LogP contribution in [-0.4, -0.2) is 0 Å². The Morgan fingerprint density at radius 2 is 0.667 bits per heavy atom. The van der Waals surface area contributed by atoms with Crippen molar-refractivity contribution in [2.75, 3.05) is 4.90 Å². The minimum atomic E-state index is -0.482. The highest BCUT2D eigenvalue weighted by Crippen LogP contribution is 2.65. The highest BCUT2D eigenvalue weighted by atomic mass is 15.2.